The van der Waals surface area contributed by atoms with Crippen molar-refractivity contribution in [3.8, 4) is 0 Å². The van der Waals surface area contributed by atoms with Crippen molar-refractivity contribution in [1.29, 1.82) is 0 Å². The molecule has 0 amide bonds. The zero-order valence-electron chi connectivity index (χ0n) is 13.5. The third-order valence-electron chi connectivity index (χ3n) is 7.09. The van der Waals surface area contributed by atoms with E-state index in [1.165, 1.54) is 20.0 Å². The van der Waals surface area contributed by atoms with Gasteiger partial charge >= 0.3 is 5.97 Å². The Morgan fingerprint density at radius 2 is 2.00 bits per heavy atom. The average molecular weight is 295 g/mol. The number of hydroxylamine groups is 2. The fourth-order valence-corrected chi connectivity index (χ4v) is 5.42. The van der Waals surface area contributed by atoms with Gasteiger partial charge in [0.05, 0.1) is 19.3 Å². The first-order valence-electron chi connectivity index (χ1n) is 7.96. The number of fused-ring (bicyclic) bond motifs is 7. The first-order chi connectivity index (χ1) is 9.74. The zero-order chi connectivity index (χ0) is 15.2. The predicted molar refractivity (Wildman–Crippen MR) is 75.0 cm³/mol. The molecule has 1 unspecified atom stereocenters. The van der Waals surface area contributed by atoms with Crippen LogP contribution in [0.4, 0.5) is 0 Å². The number of nitrogens with zero attached hydrogens (tertiary/aromatic N) is 1. The van der Waals surface area contributed by atoms with Crippen LogP contribution in [0.1, 0.15) is 47.0 Å². The Kier molecular flexibility index (Phi) is 2.54. The monoisotopic (exact) mass is 295 g/mol. The molecule has 2 aliphatic carbocycles. The smallest absolute Gasteiger partial charge is 0.340 e. The predicted octanol–water partition coefficient (Wildman–Crippen LogP) is 2.10. The van der Waals surface area contributed by atoms with E-state index in [9.17, 15) is 4.79 Å². The fourth-order valence-electron chi connectivity index (χ4n) is 5.42. The van der Waals surface area contributed by atoms with Crippen molar-refractivity contribution >= 4 is 5.97 Å². The number of carbonyl (C=O) groups is 1. The SMILES string of the molecule is COC(=O)C1(C)C[C@@H]2O[C@@H]3[C@@H]([C@H]4CC[C@]3(C)C4(C)C)N2O1. The summed E-state index contributed by atoms with van der Waals surface area (Å²) in [6, 6.07) is 0.273. The lowest BCUT2D eigenvalue weighted by Crippen LogP contribution is -2.45. The van der Waals surface area contributed by atoms with Crippen molar-refractivity contribution in [2.45, 2.75) is 70.9 Å². The van der Waals surface area contributed by atoms with E-state index in [-0.39, 0.29) is 35.2 Å². The Balaban J connectivity index is 1.65. The molecule has 21 heavy (non-hydrogen) atoms. The average Bonchev–Trinajstić information content (AvgIpc) is 3.03. The molecule has 0 aromatic rings. The first-order valence-corrected chi connectivity index (χ1v) is 7.96. The Morgan fingerprint density at radius 3 is 2.67 bits per heavy atom. The summed E-state index contributed by atoms with van der Waals surface area (Å²) >= 11 is 0. The van der Waals surface area contributed by atoms with E-state index in [0.29, 0.717) is 12.3 Å². The highest BCUT2D eigenvalue weighted by molar-refractivity contribution is 5.79. The second kappa shape index (κ2) is 3.81. The summed E-state index contributed by atoms with van der Waals surface area (Å²) in [5, 5.41) is 1.98. The molecule has 2 saturated heterocycles. The highest BCUT2D eigenvalue weighted by Crippen LogP contribution is 2.70. The Bertz CT molecular complexity index is 507. The van der Waals surface area contributed by atoms with Crippen LogP contribution >= 0.6 is 0 Å². The fraction of sp³-hybridized carbons (Fsp3) is 0.938. The van der Waals surface area contributed by atoms with Gasteiger partial charge in [-0.2, -0.15) is 5.06 Å². The van der Waals surface area contributed by atoms with Crippen molar-refractivity contribution in [1.82, 2.24) is 5.06 Å². The molecule has 0 aromatic heterocycles. The van der Waals surface area contributed by atoms with Crippen LogP contribution in [0.3, 0.4) is 0 Å². The van der Waals surface area contributed by atoms with Crippen molar-refractivity contribution in [3.05, 3.63) is 0 Å². The summed E-state index contributed by atoms with van der Waals surface area (Å²) in [5.74, 6) is 0.253. The van der Waals surface area contributed by atoms with Crippen LogP contribution in [0.2, 0.25) is 0 Å². The quantitative estimate of drug-likeness (QED) is 0.693. The summed E-state index contributed by atoms with van der Waals surface area (Å²) in [5.41, 5.74) is -0.449. The van der Waals surface area contributed by atoms with E-state index in [1.54, 1.807) is 6.92 Å². The Hall–Kier alpha value is -0.650. The highest BCUT2D eigenvalue weighted by Gasteiger charge is 2.73. The van der Waals surface area contributed by atoms with Crippen LogP contribution in [0.15, 0.2) is 0 Å². The Labute approximate surface area is 125 Å². The maximum atomic E-state index is 12.0. The van der Waals surface area contributed by atoms with Gasteiger partial charge in [-0.25, -0.2) is 4.79 Å². The lowest BCUT2D eigenvalue weighted by atomic mass is 9.70. The third kappa shape index (κ3) is 1.41. The van der Waals surface area contributed by atoms with Gasteiger partial charge in [0.1, 0.15) is 6.23 Å². The van der Waals surface area contributed by atoms with Crippen LogP contribution in [0.25, 0.3) is 0 Å². The number of rotatable bonds is 1. The van der Waals surface area contributed by atoms with Gasteiger partial charge in [0.15, 0.2) is 5.60 Å². The topological polar surface area (TPSA) is 48.0 Å². The van der Waals surface area contributed by atoms with Gasteiger partial charge in [-0.3, -0.25) is 4.84 Å². The van der Waals surface area contributed by atoms with E-state index < -0.39 is 5.60 Å². The third-order valence-corrected chi connectivity index (χ3v) is 7.09. The molecule has 0 N–H and O–H groups in total. The molecule has 5 heteroatoms. The minimum Gasteiger partial charge on any atom is -0.467 e. The van der Waals surface area contributed by atoms with E-state index in [4.69, 9.17) is 14.3 Å². The number of esters is 1. The molecular formula is C16H25NO4. The molecule has 4 fully saturated rings. The van der Waals surface area contributed by atoms with Crippen molar-refractivity contribution in [2.75, 3.05) is 7.11 Å². The normalized spacial score (nSPS) is 53.8. The van der Waals surface area contributed by atoms with E-state index in [0.717, 1.165) is 0 Å². The second-order valence-corrected chi connectivity index (χ2v) is 8.16. The van der Waals surface area contributed by atoms with Crippen LogP contribution in [-0.4, -0.2) is 42.1 Å². The molecule has 4 aliphatic rings. The molecule has 5 nitrogen and oxygen atoms in total. The van der Waals surface area contributed by atoms with Gasteiger partial charge in [-0.05, 0) is 31.1 Å². The zero-order valence-corrected chi connectivity index (χ0v) is 13.5. The molecule has 4 rings (SSSR count). The van der Waals surface area contributed by atoms with Crippen molar-refractivity contribution < 1.29 is 19.1 Å². The summed E-state index contributed by atoms with van der Waals surface area (Å²) in [6.45, 7) is 8.88. The van der Waals surface area contributed by atoms with Crippen LogP contribution in [-0.2, 0) is 19.1 Å². The summed E-state index contributed by atoms with van der Waals surface area (Å²) in [4.78, 5) is 18.0. The van der Waals surface area contributed by atoms with Crippen LogP contribution < -0.4 is 0 Å². The molecule has 0 spiro atoms. The summed E-state index contributed by atoms with van der Waals surface area (Å²) in [7, 11) is 1.41. The second-order valence-electron chi connectivity index (χ2n) is 8.16. The minimum absolute atomic E-state index is 0.111. The maximum absolute atomic E-state index is 12.0. The molecule has 2 aliphatic heterocycles. The van der Waals surface area contributed by atoms with Gasteiger partial charge in [0, 0.05) is 11.8 Å². The lowest BCUT2D eigenvalue weighted by molar-refractivity contribution is -0.232. The van der Waals surface area contributed by atoms with Gasteiger partial charge < -0.3 is 9.47 Å². The number of carbonyl (C=O) groups excluding carboxylic acids is 1. The maximum Gasteiger partial charge on any atom is 0.340 e. The molecular weight excluding hydrogens is 270 g/mol. The Morgan fingerprint density at radius 1 is 1.29 bits per heavy atom. The van der Waals surface area contributed by atoms with Crippen molar-refractivity contribution in [2.24, 2.45) is 16.7 Å². The summed E-state index contributed by atoms with van der Waals surface area (Å²) < 4.78 is 11.3. The van der Waals surface area contributed by atoms with E-state index in [2.05, 4.69) is 20.8 Å². The number of methoxy groups -OCH3 is 1. The number of ether oxygens (including phenoxy) is 2. The van der Waals surface area contributed by atoms with Gasteiger partial charge in [-0.15, -0.1) is 0 Å². The van der Waals surface area contributed by atoms with Crippen molar-refractivity contribution in [3.63, 3.8) is 0 Å². The van der Waals surface area contributed by atoms with Gasteiger partial charge in [0.25, 0.3) is 0 Å². The number of hydrogen-bond acceptors (Lipinski definition) is 5. The molecule has 2 bridgehead atoms. The van der Waals surface area contributed by atoms with Gasteiger partial charge in [-0.1, -0.05) is 20.8 Å². The summed E-state index contributed by atoms with van der Waals surface area (Å²) in [6.07, 6.45) is 3.10. The molecule has 2 heterocycles. The lowest BCUT2D eigenvalue weighted by Gasteiger charge is -2.38. The first kappa shape index (κ1) is 14.0. The minimum atomic E-state index is -0.905. The molecule has 6 atom stereocenters. The van der Waals surface area contributed by atoms with E-state index >= 15 is 0 Å². The molecule has 0 radical (unpaired) electrons. The van der Waals surface area contributed by atoms with E-state index in [1.807, 2.05) is 5.06 Å². The molecule has 2 saturated carbocycles. The molecule has 118 valence electrons. The molecule has 0 aromatic carbocycles. The highest BCUT2D eigenvalue weighted by atomic mass is 16.8. The largest absolute Gasteiger partial charge is 0.467 e. The standard InChI is InChI=1S/C16H25NO4/c1-14(2)9-6-7-15(14,3)12-11(9)17-10(20-12)8-16(4,21-17)13(18)19-5/h9-12H,6-8H2,1-5H3/t9-,10+,11-,12-,15+,16?/m1/s1. The van der Waals surface area contributed by atoms with Crippen LogP contribution in [0.5, 0.6) is 0 Å². The van der Waals surface area contributed by atoms with Crippen LogP contribution in [0, 0.1) is 16.7 Å². The number of hydrogen-bond donors (Lipinski definition) is 0. The van der Waals surface area contributed by atoms with Gasteiger partial charge in [0.2, 0.25) is 0 Å².